The second-order valence-corrected chi connectivity index (χ2v) is 7.63. The van der Waals surface area contributed by atoms with Crippen LogP contribution in [0.4, 0.5) is 0 Å². The van der Waals surface area contributed by atoms with Crippen LogP contribution in [0.15, 0.2) is 12.2 Å². The van der Waals surface area contributed by atoms with Gasteiger partial charge in [0.1, 0.15) is 6.10 Å². The molecule has 2 saturated carbocycles. The van der Waals surface area contributed by atoms with E-state index in [9.17, 15) is 19.8 Å². The molecule has 0 amide bonds. The molecule has 2 aliphatic carbocycles. The number of methoxy groups -OCH3 is 1. The molecule has 0 spiro atoms. The van der Waals surface area contributed by atoms with Crippen molar-refractivity contribution in [3.63, 3.8) is 0 Å². The quantitative estimate of drug-likeness (QED) is 0.599. The smallest absolute Gasteiger partial charge is 0.333 e. The Morgan fingerprint density at radius 1 is 1.12 bits per heavy atom. The molecule has 0 aromatic heterocycles. The van der Waals surface area contributed by atoms with Crippen LogP contribution in [0.25, 0.3) is 0 Å². The first-order valence-electron chi connectivity index (χ1n) is 8.40. The van der Waals surface area contributed by atoms with Crippen molar-refractivity contribution in [3.8, 4) is 0 Å². The number of hydrogen-bond acceptors (Lipinski definition) is 6. The zero-order valence-corrected chi connectivity index (χ0v) is 14.9. The van der Waals surface area contributed by atoms with Crippen molar-refractivity contribution in [1.29, 1.82) is 0 Å². The van der Waals surface area contributed by atoms with Gasteiger partial charge in [0.2, 0.25) is 0 Å². The van der Waals surface area contributed by atoms with Crippen molar-refractivity contribution in [1.82, 2.24) is 0 Å². The summed E-state index contributed by atoms with van der Waals surface area (Å²) in [5.41, 5.74) is -1.85. The van der Waals surface area contributed by atoms with Crippen molar-refractivity contribution in [2.45, 2.75) is 63.8 Å². The summed E-state index contributed by atoms with van der Waals surface area (Å²) in [6, 6.07) is 0. The number of aliphatic hydroxyl groups is 2. The second kappa shape index (κ2) is 6.48. The van der Waals surface area contributed by atoms with Gasteiger partial charge in [-0.25, -0.2) is 4.79 Å². The Morgan fingerprint density at radius 3 is 2.25 bits per heavy atom. The minimum Gasteiger partial charge on any atom is -0.466 e. The molecule has 0 aliphatic heterocycles. The van der Waals surface area contributed by atoms with Gasteiger partial charge in [-0.1, -0.05) is 6.58 Å². The molecule has 6 nitrogen and oxygen atoms in total. The van der Waals surface area contributed by atoms with Crippen molar-refractivity contribution in [2.24, 2.45) is 17.8 Å². The maximum atomic E-state index is 12.0. The van der Waals surface area contributed by atoms with Gasteiger partial charge >= 0.3 is 11.9 Å². The van der Waals surface area contributed by atoms with E-state index < -0.39 is 29.2 Å². The lowest BCUT2D eigenvalue weighted by molar-refractivity contribution is -0.212. The van der Waals surface area contributed by atoms with E-state index in [1.54, 1.807) is 13.8 Å². The standard InChI is InChI=1S/C18H28O6/c1-10(16(20)23-5)12-6-8-17(3,21)13-7-9-18(4,22)15(14(12)13)24-11(2)19/h12-15,21-22H,1,6-9H2,2-5H3/t12-,13+,14+,15+,17-,18+/m0/s1. The highest BCUT2D eigenvalue weighted by Gasteiger charge is 2.58. The number of hydrogen-bond donors (Lipinski definition) is 2. The Bertz CT molecular complexity index is 536. The summed E-state index contributed by atoms with van der Waals surface area (Å²) < 4.78 is 10.3. The van der Waals surface area contributed by atoms with Gasteiger partial charge in [-0.15, -0.1) is 0 Å². The number of fused-ring (bicyclic) bond motifs is 1. The largest absolute Gasteiger partial charge is 0.466 e. The van der Waals surface area contributed by atoms with Crippen molar-refractivity contribution in [2.75, 3.05) is 7.11 Å². The van der Waals surface area contributed by atoms with Gasteiger partial charge in [-0.3, -0.25) is 4.79 Å². The molecule has 0 aromatic carbocycles. The van der Waals surface area contributed by atoms with Gasteiger partial charge in [0.05, 0.1) is 18.3 Å². The molecule has 2 N–H and O–H groups in total. The highest BCUT2D eigenvalue weighted by Crippen LogP contribution is 2.53. The van der Waals surface area contributed by atoms with Crippen LogP contribution in [0.5, 0.6) is 0 Å². The molecule has 0 aromatic rings. The third-order valence-corrected chi connectivity index (χ3v) is 5.80. The molecule has 6 heteroatoms. The zero-order valence-electron chi connectivity index (χ0n) is 14.9. The lowest BCUT2D eigenvalue weighted by Gasteiger charge is -2.55. The van der Waals surface area contributed by atoms with Gasteiger partial charge in [0.15, 0.2) is 0 Å². The molecule has 6 atom stereocenters. The molecule has 0 unspecified atom stereocenters. The Labute approximate surface area is 142 Å². The molecule has 136 valence electrons. The fourth-order valence-electron chi connectivity index (χ4n) is 4.52. The van der Waals surface area contributed by atoms with Crippen molar-refractivity contribution < 1.29 is 29.3 Å². The first-order valence-corrected chi connectivity index (χ1v) is 8.40. The fourth-order valence-corrected chi connectivity index (χ4v) is 4.52. The third-order valence-electron chi connectivity index (χ3n) is 5.80. The molecule has 0 saturated heterocycles. The Hall–Kier alpha value is -1.40. The predicted octanol–water partition coefficient (Wildman–Crippen LogP) is 1.59. The first-order chi connectivity index (χ1) is 11.0. The van der Waals surface area contributed by atoms with Gasteiger partial charge in [-0.05, 0) is 51.4 Å². The van der Waals surface area contributed by atoms with E-state index in [4.69, 9.17) is 9.47 Å². The van der Waals surface area contributed by atoms with E-state index in [1.807, 2.05) is 0 Å². The van der Waals surface area contributed by atoms with E-state index >= 15 is 0 Å². The summed E-state index contributed by atoms with van der Waals surface area (Å²) >= 11 is 0. The average Bonchev–Trinajstić information content (AvgIpc) is 2.48. The molecule has 2 aliphatic rings. The van der Waals surface area contributed by atoms with E-state index in [0.29, 0.717) is 31.3 Å². The Balaban J connectivity index is 2.45. The Morgan fingerprint density at radius 2 is 1.71 bits per heavy atom. The maximum absolute atomic E-state index is 12.0. The molecular formula is C18H28O6. The number of carbonyl (C=O) groups is 2. The molecule has 2 rings (SSSR count). The SMILES string of the molecule is C=C(C(=O)OC)[C@@H]1CC[C@](C)(O)[C@@H]2CC[C@@](C)(O)[C@H](OC(C)=O)[C@@H]21. The number of carbonyl (C=O) groups excluding carboxylic acids is 2. The number of esters is 2. The monoisotopic (exact) mass is 340 g/mol. The Kier molecular flexibility index (Phi) is 5.11. The van der Waals surface area contributed by atoms with Gasteiger partial charge in [0, 0.05) is 18.4 Å². The normalized spacial score (nSPS) is 41.9. The van der Waals surface area contributed by atoms with E-state index in [2.05, 4.69) is 6.58 Å². The second-order valence-electron chi connectivity index (χ2n) is 7.63. The summed E-state index contributed by atoms with van der Waals surface area (Å²) in [6.07, 6.45) is 1.25. The van der Waals surface area contributed by atoms with Crippen LogP contribution in [-0.4, -0.2) is 46.6 Å². The number of ether oxygens (including phenoxy) is 2. The summed E-state index contributed by atoms with van der Waals surface area (Å²) in [5, 5.41) is 21.6. The lowest BCUT2D eigenvalue weighted by atomic mass is 9.54. The van der Waals surface area contributed by atoms with Crippen LogP contribution in [0.2, 0.25) is 0 Å². The molecule has 0 radical (unpaired) electrons. The lowest BCUT2D eigenvalue weighted by Crippen LogP contribution is -2.61. The maximum Gasteiger partial charge on any atom is 0.333 e. The van der Waals surface area contributed by atoms with Gasteiger partial charge in [0.25, 0.3) is 0 Å². The first kappa shape index (κ1) is 18.9. The molecule has 2 fully saturated rings. The highest BCUT2D eigenvalue weighted by atomic mass is 16.6. The van der Waals surface area contributed by atoms with Crippen LogP contribution in [-0.2, 0) is 19.1 Å². The van der Waals surface area contributed by atoms with Crippen molar-refractivity contribution in [3.05, 3.63) is 12.2 Å². The van der Waals surface area contributed by atoms with E-state index in [0.717, 1.165) is 0 Å². The van der Waals surface area contributed by atoms with Gasteiger partial charge in [-0.2, -0.15) is 0 Å². The highest BCUT2D eigenvalue weighted by molar-refractivity contribution is 5.88. The van der Waals surface area contributed by atoms with Crippen LogP contribution in [0, 0.1) is 17.8 Å². The number of rotatable bonds is 3. The van der Waals surface area contributed by atoms with Crippen LogP contribution < -0.4 is 0 Å². The van der Waals surface area contributed by atoms with Crippen molar-refractivity contribution >= 4 is 11.9 Å². The van der Waals surface area contributed by atoms with Crippen LogP contribution in [0.3, 0.4) is 0 Å². The third kappa shape index (κ3) is 3.35. The molecule has 0 heterocycles. The average molecular weight is 340 g/mol. The van der Waals surface area contributed by atoms with Crippen LogP contribution >= 0.6 is 0 Å². The predicted molar refractivity (Wildman–Crippen MR) is 86.9 cm³/mol. The minimum absolute atomic E-state index is 0.192. The molecular weight excluding hydrogens is 312 g/mol. The fraction of sp³-hybridized carbons (Fsp3) is 0.778. The summed E-state index contributed by atoms with van der Waals surface area (Å²) in [5.74, 6) is -1.88. The minimum atomic E-state index is -1.21. The molecule has 0 bridgehead atoms. The summed E-state index contributed by atoms with van der Waals surface area (Å²) in [6.45, 7) is 8.57. The van der Waals surface area contributed by atoms with Gasteiger partial charge < -0.3 is 19.7 Å². The van der Waals surface area contributed by atoms with E-state index in [-0.39, 0.29) is 17.8 Å². The van der Waals surface area contributed by atoms with Crippen LogP contribution in [0.1, 0.15) is 46.5 Å². The topological polar surface area (TPSA) is 93.1 Å². The van der Waals surface area contributed by atoms with E-state index in [1.165, 1.54) is 14.0 Å². The summed E-state index contributed by atoms with van der Waals surface area (Å²) in [4.78, 5) is 23.6. The molecule has 24 heavy (non-hydrogen) atoms. The summed E-state index contributed by atoms with van der Waals surface area (Å²) in [7, 11) is 1.30. The zero-order chi connectivity index (χ0) is 18.3.